The Morgan fingerprint density at radius 1 is 1.56 bits per heavy atom. The summed E-state index contributed by atoms with van der Waals surface area (Å²) < 4.78 is 0. The molecule has 0 aromatic carbocycles. The number of hydrogen-bond donors (Lipinski definition) is 2. The molecular formula is C11H20N2O3. The number of nitrogens with zero attached hydrogens (tertiary/aromatic N) is 1. The molecule has 5 nitrogen and oxygen atoms in total. The summed E-state index contributed by atoms with van der Waals surface area (Å²) >= 11 is 0. The topological polar surface area (TPSA) is 69.6 Å². The summed E-state index contributed by atoms with van der Waals surface area (Å²) in [5, 5.41) is 11.6. The minimum atomic E-state index is -0.222. The molecule has 0 radical (unpaired) electrons. The van der Waals surface area contributed by atoms with Gasteiger partial charge < -0.3 is 15.3 Å². The van der Waals surface area contributed by atoms with E-state index in [1.54, 1.807) is 11.8 Å². The van der Waals surface area contributed by atoms with E-state index >= 15 is 0 Å². The van der Waals surface area contributed by atoms with Crippen LogP contribution < -0.4 is 5.32 Å². The van der Waals surface area contributed by atoms with Crippen LogP contribution in [0.1, 0.15) is 26.7 Å². The average molecular weight is 228 g/mol. The van der Waals surface area contributed by atoms with Crippen LogP contribution in [0.15, 0.2) is 0 Å². The minimum absolute atomic E-state index is 0.0210. The van der Waals surface area contributed by atoms with Crippen molar-refractivity contribution >= 4 is 11.8 Å². The van der Waals surface area contributed by atoms with E-state index in [2.05, 4.69) is 5.32 Å². The minimum Gasteiger partial charge on any atom is -0.394 e. The monoisotopic (exact) mass is 228 g/mol. The molecule has 1 aliphatic heterocycles. The second kappa shape index (κ2) is 5.84. The molecule has 0 bridgehead atoms. The van der Waals surface area contributed by atoms with Gasteiger partial charge in [0, 0.05) is 26.1 Å². The molecular weight excluding hydrogens is 208 g/mol. The number of aliphatic hydroxyl groups is 1. The lowest BCUT2D eigenvalue weighted by atomic mass is 9.97. The van der Waals surface area contributed by atoms with Crippen molar-refractivity contribution in [2.75, 3.05) is 19.7 Å². The predicted molar refractivity (Wildman–Crippen MR) is 59.7 cm³/mol. The highest BCUT2D eigenvalue weighted by atomic mass is 16.3. The van der Waals surface area contributed by atoms with Crippen LogP contribution in [0.25, 0.3) is 0 Å². The fourth-order valence-corrected chi connectivity index (χ4v) is 1.88. The SMILES string of the molecule is CC(=O)N1CCCC(C(=O)N[C@@H](C)CO)C1. The van der Waals surface area contributed by atoms with Crippen molar-refractivity contribution in [3.05, 3.63) is 0 Å². The quantitative estimate of drug-likeness (QED) is 0.699. The molecule has 1 saturated heterocycles. The van der Waals surface area contributed by atoms with Crippen LogP contribution in [-0.2, 0) is 9.59 Å². The zero-order valence-electron chi connectivity index (χ0n) is 9.90. The van der Waals surface area contributed by atoms with Gasteiger partial charge in [-0.15, -0.1) is 0 Å². The lowest BCUT2D eigenvalue weighted by molar-refractivity contribution is -0.134. The van der Waals surface area contributed by atoms with Gasteiger partial charge in [0.2, 0.25) is 11.8 Å². The van der Waals surface area contributed by atoms with Gasteiger partial charge in [-0.05, 0) is 19.8 Å². The Kier molecular flexibility index (Phi) is 4.73. The molecule has 0 aromatic heterocycles. The number of rotatable bonds is 3. The molecule has 1 aliphatic rings. The van der Waals surface area contributed by atoms with Crippen LogP contribution in [0.2, 0.25) is 0 Å². The molecule has 0 saturated carbocycles. The van der Waals surface area contributed by atoms with Crippen molar-refractivity contribution in [2.45, 2.75) is 32.7 Å². The summed E-state index contributed by atoms with van der Waals surface area (Å²) in [5.41, 5.74) is 0. The molecule has 16 heavy (non-hydrogen) atoms. The molecule has 1 heterocycles. The molecule has 2 N–H and O–H groups in total. The fourth-order valence-electron chi connectivity index (χ4n) is 1.88. The second-order valence-corrected chi connectivity index (χ2v) is 4.40. The van der Waals surface area contributed by atoms with Gasteiger partial charge in [0.25, 0.3) is 0 Å². The Balaban J connectivity index is 2.47. The summed E-state index contributed by atoms with van der Waals surface area (Å²) in [6.07, 6.45) is 1.68. The number of nitrogens with one attached hydrogen (secondary N) is 1. The van der Waals surface area contributed by atoms with Gasteiger partial charge in [0.1, 0.15) is 0 Å². The molecule has 92 valence electrons. The molecule has 0 aliphatic carbocycles. The van der Waals surface area contributed by atoms with Crippen molar-refractivity contribution in [3.63, 3.8) is 0 Å². The Morgan fingerprint density at radius 3 is 2.81 bits per heavy atom. The van der Waals surface area contributed by atoms with Crippen LogP contribution >= 0.6 is 0 Å². The highest BCUT2D eigenvalue weighted by molar-refractivity contribution is 5.80. The average Bonchev–Trinajstić information content (AvgIpc) is 2.28. The maximum absolute atomic E-state index is 11.8. The highest BCUT2D eigenvalue weighted by Gasteiger charge is 2.27. The number of piperidine rings is 1. The van der Waals surface area contributed by atoms with E-state index in [1.807, 2.05) is 0 Å². The lowest BCUT2D eigenvalue weighted by Gasteiger charge is -2.31. The molecule has 1 unspecified atom stereocenters. The van der Waals surface area contributed by atoms with E-state index in [-0.39, 0.29) is 30.4 Å². The van der Waals surface area contributed by atoms with Gasteiger partial charge in [-0.3, -0.25) is 9.59 Å². The first kappa shape index (κ1) is 13.0. The van der Waals surface area contributed by atoms with Crippen LogP contribution in [0.3, 0.4) is 0 Å². The van der Waals surface area contributed by atoms with E-state index in [0.717, 1.165) is 19.4 Å². The van der Waals surface area contributed by atoms with Gasteiger partial charge in [0.15, 0.2) is 0 Å². The third-order valence-electron chi connectivity index (χ3n) is 2.90. The summed E-state index contributed by atoms with van der Waals surface area (Å²) in [5.74, 6) is -0.174. The van der Waals surface area contributed by atoms with Gasteiger partial charge in [0.05, 0.1) is 12.5 Å². The number of amides is 2. The van der Waals surface area contributed by atoms with Crippen LogP contribution in [0, 0.1) is 5.92 Å². The Hall–Kier alpha value is -1.10. The summed E-state index contributed by atoms with van der Waals surface area (Å²) in [4.78, 5) is 24.7. The maximum Gasteiger partial charge on any atom is 0.225 e. The van der Waals surface area contributed by atoms with E-state index < -0.39 is 0 Å². The zero-order chi connectivity index (χ0) is 12.1. The molecule has 2 atom stereocenters. The van der Waals surface area contributed by atoms with Gasteiger partial charge in [-0.2, -0.15) is 0 Å². The first-order chi connectivity index (χ1) is 7.54. The number of likely N-dealkylation sites (tertiary alicyclic amines) is 1. The molecule has 0 aromatic rings. The second-order valence-electron chi connectivity index (χ2n) is 4.40. The smallest absolute Gasteiger partial charge is 0.225 e. The zero-order valence-corrected chi connectivity index (χ0v) is 9.90. The van der Waals surface area contributed by atoms with Gasteiger partial charge in [-0.1, -0.05) is 0 Å². The van der Waals surface area contributed by atoms with Gasteiger partial charge >= 0.3 is 0 Å². The summed E-state index contributed by atoms with van der Waals surface area (Å²) in [6, 6.07) is -0.222. The number of carbonyl (C=O) groups excluding carboxylic acids is 2. The molecule has 1 fully saturated rings. The van der Waals surface area contributed by atoms with Crippen molar-refractivity contribution in [3.8, 4) is 0 Å². The molecule has 2 amide bonds. The van der Waals surface area contributed by atoms with Gasteiger partial charge in [-0.25, -0.2) is 0 Å². The lowest BCUT2D eigenvalue weighted by Crippen LogP contribution is -2.47. The van der Waals surface area contributed by atoms with Crippen molar-refractivity contribution < 1.29 is 14.7 Å². The third-order valence-corrected chi connectivity index (χ3v) is 2.90. The molecule has 0 spiro atoms. The summed E-state index contributed by atoms with van der Waals surface area (Å²) in [7, 11) is 0. The highest BCUT2D eigenvalue weighted by Crippen LogP contribution is 2.16. The van der Waals surface area contributed by atoms with Crippen molar-refractivity contribution in [1.82, 2.24) is 10.2 Å². The largest absolute Gasteiger partial charge is 0.394 e. The normalized spacial score (nSPS) is 22.7. The van der Waals surface area contributed by atoms with E-state index in [0.29, 0.717) is 6.54 Å². The number of aliphatic hydroxyl groups excluding tert-OH is 1. The standard InChI is InChI=1S/C11H20N2O3/c1-8(7-14)12-11(16)10-4-3-5-13(6-10)9(2)15/h8,10,14H,3-7H2,1-2H3,(H,12,16)/t8-,10?/m0/s1. The predicted octanol–water partition coefficient (Wildman–Crippen LogP) is -0.258. The number of carbonyl (C=O) groups is 2. The summed E-state index contributed by atoms with van der Waals surface area (Å²) in [6.45, 7) is 4.46. The van der Waals surface area contributed by atoms with E-state index in [4.69, 9.17) is 5.11 Å². The Morgan fingerprint density at radius 2 is 2.25 bits per heavy atom. The Labute approximate surface area is 95.8 Å². The first-order valence-corrected chi connectivity index (χ1v) is 5.71. The maximum atomic E-state index is 11.8. The third kappa shape index (κ3) is 3.48. The van der Waals surface area contributed by atoms with Crippen LogP contribution in [0.4, 0.5) is 0 Å². The van der Waals surface area contributed by atoms with Crippen molar-refractivity contribution in [2.24, 2.45) is 5.92 Å². The van der Waals surface area contributed by atoms with Crippen LogP contribution in [0.5, 0.6) is 0 Å². The fraction of sp³-hybridized carbons (Fsp3) is 0.818. The Bertz CT molecular complexity index is 268. The van der Waals surface area contributed by atoms with Crippen molar-refractivity contribution in [1.29, 1.82) is 0 Å². The molecule has 5 heteroatoms. The van der Waals surface area contributed by atoms with Crippen LogP contribution in [-0.4, -0.2) is 47.6 Å². The first-order valence-electron chi connectivity index (χ1n) is 5.71. The molecule has 1 rings (SSSR count). The number of hydrogen-bond acceptors (Lipinski definition) is 3. The van der Waals surface area contributed by atoms with E-state index in [9.17, 15) is 9.59 Å². The van der Waals surface area contributed by atoms with E-state index in [1.165, 1.54) is 6.92 Å².